The van der Waals surface area contributed by atoms with Gasteiger partial charge in [-0.1, -0.05) is 72.3 Å². The minimum absolute atomic E-state index is 0.0783. The van der Waals surface area contributed by atoms with Crippen LogP contribution >= 0.6 is 27.5 Å². The van der Waals surface area contributed by atoms with Crippen molar-refractivity contribution in [2.75, 3.05) is 0 Å². The fourth-order valence-corrected chi connectivity index (χ4v) is 3.51. The highest BCUT2D eigenvalue weighted by atomic mass is 79.9. The van der Waals surface area contributed by atoms with Gasteiger partial charge in [-0.3, -0.25) is 4.79 Å². The van der Waals surface area contributed by atoms with E-state index in [0.29, 0.717) is 21.2 Å². The zero-order valence-electron chi connectivity index (χ0n) is 14.5. The van der Waals surface area contributed by atoms with Gasteiger partial charge in [0.25, 0.3) is 5.91 Å². The minimum Gasteiger partial charge on any atom is -0.505 e. The maximum Gasteiger partial charge on any atom is 0.281 e. The summed E-state index contributed by atoms with van der Waals surface area (Å²) in [5.41, 5.74) is 1.87. The molecule has 28 heavy (non-hydrogen) atoms. The Bertz CT molecular complexity index is 948. The first-order valence-electron chi connectivity index (χ1n) is 8.28. The van der Waals surface area contributed by atoms with Gasteiger partial charge < -0.3 is 10.2 Å². The number of carbonyl (C=O) groups is 1. The zero-order chi connectivity index (χ0) is 20.1. The molecule has 7 heteroatoms. The van der Waals surface area contributed by atoms with Crippen LogP contribution in [0.3, 0.4) is 0 Å². The number of hydrogen-bond donors (Lipinski definition) is 3. The van der Waals surface area contributed by atoms with Crippen molar-refractivity contribution >= 4 is 39.7 Å². The third-order valence-electron chi connectivity index (χ3n) is 4.13. The second-order valence-electron chi connectivity index (χ2n) is 5.97. The highest BCUT2D eigenvalue weighted by Gasteiger charge is 2.39. The molecular weight excluding hydrogens is 444 g/mol. The Morgan fingerprint density at radius 1 is 1.04 bits per heavy atom. The van der Waals surface area contributed by atoms with Crippen molar-refractivity contribution in [3.05, 3.63) is 99.0 Å². The van der Waals surface area contributed by atoms with E-state index in [-0.39, 0.29) is 10.8 Å². The van der Waals surface area contributed by atoms with Crippen molar-refractivity contribution in [1.29, 1.82) is 0 Å². The molecule has 5 nitrogen and oxygen atoms in total. The Kier molecular flexibility index (Phi) is 6.14. The third-order valence-corrected chi connectivity index (χ3v) is 5.02. The first kappa shape index (κ1) is 20.1. The van der Waals surface area contributed by atoms with Gasteiger partial charge in [-0.25, -0.2) is 5.43 Å². The van der Waals surface area contributed by atoms with E-state index >= 15 is 0 Å². The lowest BCUT2D eigenvalue weighted by atomic mass is 9.85. The first-order valence-corrected chi connectivity index (χ1v) is 9.45. The van der Waals surface area contributed by atoms with Crippen LogP contribution in [0.5, 0.6) is 5.75 Å². The Balaban J connectivity index is 1.89. The van der Waals surface area contributed by atoms with Crippen molar-refractivity contribution in [2.24, 2.45) is 5.10 Å². The smallest absolute Gasteiger partial charge is 0.281 e. The van der Waals surface area contributed by atoms with E-state index in [1.54, 1.807) is 66.7 Å². The van der Waals surface area contributed by atoms with Gasteiger partial charge >= 0.3 is 0 Å². The predicted octanol–water partition coefficient (Wildman–Crippen LogP) is 4.19. The van der Waals surface area contributed by atoms with Crippen LogP contribution in [-0.4, -0.2) is 22.3 Å². The Hall–Kier alpha value is -2.67. The van der Waals surface area contributed by atoms with Crippen LogP contribution in [0.4, 0.5) is 0 Å². The Labute approximate surface area is 175 Å². The van der Waals surface area contributed by atoms with E-state index in [4.69, 9.17) is 11.6 Å². The van der Waals surface area contributed by atoms with Crippen molar-refractivity contribution in [2.45, 2.75) is 5.60 Å². The number of nitrogens with zero attached hydrogens (tertiary/aromatic N) is 1. The number of rotatable bonds is 5. The van der Waals surface area contributed by atoms with Crippen molar-refractivity contribution in [1.82, 2.24) is 5.43 Å². The molecule has 3 aromatic rings. The lowest BCUT2D eigenvalue weighted by Gasteiger charge is -2.27. The average molecular weight is 460 g/mol. The van der Waals surface area contributed by atoms with Crippen molar-refractivity contribution in [3.63, 3.8) is 0 Å². The quantitative estimate of drug-likeness (QED) is 0.395. The number of aromatic hydroxyl groups is 1. The molecule has 142 valence electrons. The predicted molar refractivity (Wildman–Crippen MR) is 112 cm³/mol. The average Bonchev–Trinajstić information content (AvgIpc) is 2.72. The van der Waals surface area contributed by atoms with Crippen LogP contribution in [0, 0.1) is 0 Å². The van der Waals surface area contributed by atoms with Gasteiger partial charge in [0.2, 0.25) is 0 Å². The molecule has 0 unspecified atom stereocenters. The number of nitrogens with one attached hydrogen (secondary N) is 1. The summed E-state index contributed by atoms with van der Waals surface area (Å²) in [5.74, 6) is -0.782. The Morgan fingerprint density at radius 2 is 1.57 bits per heavy atom. The van der Waals surface area contributed by atoms with Crippen LogP contribution in [0.2, 0.25) is 5.02 Å². The summed E-state index contributed by atoms with van der Waals surface area (Å²) in [6, 6.07) is 20.4. The van der Waals surface area contributed by atoms with Crippen LogP contribution in [-0.2, 0) is 10.4 Å². The normalized spacial score (nSPS) is 11.5. The summed E-state index contributed by atoms with van der Waals surface area (Å²) in [7, 11) is 0. The number of phenolic OH excluding ortho intramolecular Hbond substituents is 1. The number of halogens is 2. The summed E-state index contributed by atoms with van der Waals surface area (Å²) in [6.07, 6.45) is 1.37. The van der Waals surface area contributed by atoms with Crippen LogP contribution in [0.15, 0.2) is 82.4 Å². The van der Waals surface area contributed by atoms with E-state index in [1.807, 2.05) is 0 Å². The largest absolute Gasteiger partial charge is 0.505 e. The fourth-order valence-electron chi connectivity index (χ4n) is 2.69. The zero-order valence-corrected chi connectivity index (χ0v) is 16.9. The van der Waals surface area contributed by atoms with Gasteiger partial charge in [0.15, 0.2) is 5.60 Å². The number of amides is 1. The molecule has 0 spiro atoms. The molecule has 0 radical (unpaired) electrons. The second kappa shape index (κ2) is 8.56. The fraction of sp³-hybridized carbons (Fsp3) is 0.0476. The van der Waals surface area contributed by atoms with Crippen LogP contribution < -0.4 is 5.43 Å². The monoisotopic (exact) mass is 458 g/mol. The van der Waals surface area contributed by atoms with Gasteiger partial charge in [0.05, 0.1) is 15.7 Å². The highest BCUT2D eigenvalue weighted by Crippen LogP contribution is 2.32. The molecule has 3 N–H and O–H groups in total. The van der Waals surface area contributed by atoms with Gasteiger partial charge in [-0.15, -0.1) is 0 Å². The molecule has 0 saturated heterocycles. The van der Waals surface area contributed by atoms with E-state index in [1.165, 1.54) is 12.3 Å². The number of carbonyl (C=O) groups excluding carboxylic acids is 1. The lowest BCUT2D eigenvalue weighted by Crippen LogP contribution is -2.43. The minimum atomic E-state index is -1.91. The molecule has 0 bridgehead atoms. The van der Waals surface area contributed by atoms with Gasteiger partial charge in [-0.2, -0.15) is 5.10 Å². The summed E-state index contributed by atoms with van der Waals surface area (Å²) < 4.78 is 0.401. The van der Waals surface area contributed by atoms with Crippen molar-refractivity contribution < 1.29 is 15.0 Å². The molecular formula is C21H16BrClN2O3. The highest BCUT2D eigenvalue weighted by molar-refractivity contribution is 9.10. The standard InChI is InChI=1S/C21H16BrClN2O3/c22-17-11-14(12-18(23)19(17)26)13-24-25-20(27)21(28,15-7-3-1-4-8-15)16-9-5-2-6-10-16/h1-13,26,28H,(H,25,27)/b24-13-. The number of phenols is 1. The molecule has 3 aromatic carbocycles. The molecule has 0 atom stereocenters. The van der Waals surface area contributed by atoms with E-state index in [0.717, 1.165) is 0 Å². The number of aliphatic hydroxyl groups is 1. The van der Waals surface area contributed by atoms with Crippen molar-refractivity contribution in [3.8, 4) is 5.75 Å². The second-order valence-corrected chi connectivity index (χ2v) is 7.24. The molecule has 0 saturated carbocycles. The molecule has 3 rings (SSSR count). The molecule has 0 aliphatic heterocycles. The van der Waals surface area contributed by atoms with E-state index < -0.39 is 11.5 Å². The van der Waals surface area contributed by atoms with Gasteiger partial charge in [0.1, 0.15) is 5.75 Å². The molecule has 0 aromatic heterocycles. The SMILES string of the molecule is O=C(N/N=C\c1cc(Cl)c(O)c(Br)c1)C(O)(c1ccccc1)c1ccccc1. The maximum absolute atomic E-state index is 12.9. The topological polar surface area (TPSA) is 81.9 Å². The van der Waals surface area contributed by atoms with E-state index in [9.17, 15) is 15.0 Å². The molecule has 0 aliphatic rings. The van der Waals surface area contributed by atoms with Crippen LogP contribution in [0.25, 0.3) is 0 Å². The lowest BCUT2D eigenvalue weighted by molar-refractivity contribution is -0.136. The molecule has 0 heterocycles. The maximum atomic E-state index is 12.9. The third kappa shape index (κ3) is 4.09. The number of hydrazone groups is 1. The molecule has 0 fully saturated rings. The van der Waals surface area contributed by atoms with Gasteiger partial charge in [-0.05, 0) is 44.8 Å². The van der Waals surface area contributed by atoms with Gasteiger partial charge in [0, 0.05) is 0 Å². The van der Waals surface area contributed by atoms with E-state index in [2.05, 4.69) is 26.5 Å². The summed E-state index contributed by atoms with van der Waals surface area (Å²) in [4.78, 5) is 12.9. The summed E-state index contributed by atoms with van der Waals surface area (Å²) in [6.45, 7) is 0. The molecule has 1 amide bonds. The van der Waals surface area contributed by atoms with Crippen LogP contribution in [0.1, 0.15) is 16.7 Å². The first-order chi connectivity index (χ1) is 13.4. The molecule has 0 aliphatic carbocycles. The number of benzene rings is 3. The number of hydrogen-bond acceptors (Lipinski definition) is 4. The summed E-state index contributed by atoms with van der Waals surface area (Å²) >= 11 is 9.11. The Morgan fingerprint density at radius 3 is 2.07 bits per heavy atom. The summed E-state index contributed by atoms with van der Waals surface area (Å²) in [5, 5.41) is 25.0.